The second-order valence-corrected chi connectivity index (χ2v) is 17.7. The van der Waals surface area contributed by atoms with Gasteiger partial charge in [0.1, 0.15) is 43.2 Å². The molecule has 0 aromatic rings. The van der Waals surface area contributed by atoms with E-state index in [1.165, 1.54) is 38.5 Å². The quantitative estimate of drug-likeness (QED) is 0.0115. The molecule has 14 nitrogen and oxygen atoms in total. The van der Waals surface area contributed by atoms with Gasteiger partial charge in [-0.15, -0.1) is 0 Å². The number of phosphoric acid groups is 1. The Balaban J connectivity index is 1.77. The zero-order valence-electron chi connectivity index (χ0n) is 38.2. The van der Waals surface area contributed by atoms with Crippen LogP contribution in [0.15, 0.2) is 85.1 Å². The van der Waals surface area contributed by atoms with Crippen LogP contribution in [0, 0.1) is 0 Å². The molecule has 1 heterocycles. The number of allylic oxidation sites excluding steroid dienone is 12. The van der Waals surface area contributed by atoms with Crippen molar-refractivity contribution in [3.8, 4) is 0 Å². The normalized spacial score (nSPS) is 25.5. The molecule has 364 valence electrons. The van der Waals surface area contributed by atoms with Crippen LogP contribution in [0.25, 0.3) is 0 Å². The van der Waals surface area contributed by atoms with E-state index in [0.29, 0.717) is 25.7 Å². The lowest BCUT2D eigenvalue weighted by Crippen LogP contribution is -2.64. The molecular weight excluding hydrogens is 843 g/mol. The molecule has 15 heteroatoms. The van der Waals surface area contributed by atoms with E-state index in [2.05, 4.69) is 74.6 Å². The number of carbonyl (C=O) groups is 2. The topological polar surface area (TPSA) is 222 Å². The van der Waals surface area contributed by atoms with Gasteiger partial charge in [-0.3, -0.25) is 18.6 Å². The van der Waals surface area contributed by atoms with Crippen molar-refractivity contribution in [3.63, 3.8) is 0 Å². The first-order valence-electron chi connectivity index (χ1n) is 23.5. The van der Waals surface area contributed by atoms with Crippen LogP contribution >= 0.6 is 7.82 Å². The molecule has 2 rings (SSSR count). The average Bonchev–Trinajstić information content (AvgIpc) is 4.04. The number of hydrogen-bond donors (Lipinski definition) is 6. The number of aliphatic hydroxyl groups is 5. The molecule has 10 atom stereocenters. The maximum absolute atomic E-state index is 12.8. The van der Waals surface area contributed by atoms with Crippen molar-refractivity contribution in [2.45, 2.75) is 197 Å². The Morgan fingerprint density at radius 3 is 1.45 bits per heavy atom. The molecule has 2 aliphatic rings. The molecule has 64 heavy (non-hydrogen) atoms. The van der Waals surface area contributed by atoms with Gasteiger partial charge in [0.15, 0.2) is 6.10 Å². The average molecular weight is 923 g/mol. The number of esters is 2. The van der Waals surface area contributed by atoms with Gasteiger partial charge in [-0.25, -0.2) is 4.57 Å². The van der Waals surface area contributed by atoms with Crippen molar-refractivity contribution in [1.29, 1.82) is 0 Å². The zero-order chi connectivity index (χ0) is 46.8. The molecule has 1 aliphatic carbocycles. The van der Waals surface area contributed by atoms with E-state index >= 15 is 0 Å². The minimum absolute atomic E-state index is 0.00386. The van der Waals surface area contributed by atoms with Crippen LogP contribution in [0.2, 0.25) is 0 Å². The van der Waals surface area contributed by atoms with Crippen molar-refractivity contribution >= 4 is 19.8 Å². The van der Waals surface area contributed by atoms with E-state index in [0.717, 1.165) is 51.4 Å². The number of rotatable bonds is 36. The SMILES string of the molecule is CCCCC/C=C\C/C=C\C/C=C\C/C=C\CCCC(=O)OC[C@H](COP(=O)(O)OC1[C@H](O)[C@H](O)C(O)[C@H](O)[C@H]1O)OC(=O)CCC/C=C\CC1OC1C/C=C\C/C=C\CCCCC. The lowest BCUT2D eigenvalue weighted by Gasteiger charge is -2.41. The number of unbranched alkanes of at least 4 members (excludes halogenated alkanes) is 8. The standard InChI is InChI=1S/C49H79O14P/c1-3-5-7-9-11-13-14-15-16-17-18-19-20-22-24-26-31-35-42(50)59-37-39(38-60-64(57,58)63-49-47(55)45(53)44(52)46(54)48(49)56)61-43(51)36-32-28-27-30-34-41-40(62-41)33-29-25-23-21-12-10-8-6-4-2/h11-13,15-16,18-19,21-22,24-25,27,29-30,39-41,44-49,52-56H,3-10,14,17,20,23,26,28,31-38H2,1-2H3,(H,57,58)/b13-11-,16-15-,19-18-,21-12-,24-22-,29-25-,30-27-/t39-,40?,41?,44?,45-,46+,47-,48-,49?/m1/s1. The summed E-state index contributed by atoms with van der Waals surface area (Å²) in [5.74, 6) is -1.25. The number of carbonyl (C=O) groups excluding carboxylic acids is 2. The summed E-state index contributed by atoms with van der Waals surface area (Å²) >= 11 is 0. The predicted octanol–water partition coefficient (Wildman–Crippen LogP) is 8.26. The van der Waals surface area contributed by atoms with Crippen molar-refractivity contribution in [2.75, 3.05) is 13.2 Å². The summed E-state index contributed by atoms with van der Waals surface area (Å²) in [7, 11) is -5.16. The van der Waals surface area contributed by atoms with Crippen molar-refractivity contribution in [2.24, 2.45) is 0 Å². The Kier molecular flexibility index (Phi) is 31.4. The summed E-state index contributed by atoms with van der Waals surface area (Å²) in [6, 6.07) is 0. The highest BCUT2D eigenvalue weighted by atomic mass is 31.2. The predicted molar refractivity (Wildman–Crippen MR) is 248 cm³/mol. The minimum atomic E-state index is -5.16. The lowest BCUT2D eigenvalue weighted by atomic mass is 9.85. The van der Waals surface area contributed by atoms with E-state index in [1.54, 1.807) is 0 Å². The number of hydrogen-bond acceptors (Lipinski definition) is 13. The van der Waals surface area contributed by atoms with E-state index in [1.807, 2.05) is 24.3 Å². The fourth-order valence-electron chi connectivity index (χ4n) is 6.66. The molecule has 0 aromatic heterocycles. The summed E-state index contributed by atoms with van der Waals surface area (Å²) in [5, 5.41) is 50.2. The molecular formula is C49H79O14P. The second kappa shape index (κ2) is 35.2. The Morgan fingerprint density at radius 2 is 0.953 bits per heavy atom. The maximum Gasteiger partial charge on any atom is 0.472 e. The molecule has 6 N–H and O–H groups in total. The van der Waals surface area contributed by atoms with Gasteiger partial charge in [0.2, 0.25) is 0 Å². The number of epoxide rings is 1. The third kappa shape index (κ3) is 26.8. The molecule has 0 radical (unpaired) electrons. The van der Waals surface area contributed by atoms with Gasteiger partial charge in [-0.2, -0.15) is 0 Å². The van der Waals surface area contributed by atoms with Crippen LogP contribution in [-0.2, 0) is 37.4 Å². The molecule has 0 bridgehead atoms. The molecule has 1 aliphatic heterocycles. The first-order valence-corrected chi connectivity index (χ1v) is 25.0. The van der Waals surface area contributed by atoms with E-state index in [9.17, 15) is 44.6 Å². The summed E-state index contributed by atoms with van der Waals surface area (Å²) < 4.78 is 39.2. The third-order valence-corrected chi connectivity index (χ3v) is 11.6. The van der Waals surface area contributed by atoms with Gasteiger partial charge in [0, 0.05) is 12.8 Å². The van der Waals surface area contributed by atoms with Gasteiger partial charge in [-0.05, 0) is 89.9 Å². The van der Waals surface area contributed by atoms with Gasteiger partial charge < -0.3 is 44.6 Å². The summed E-state index contributed by atoms with van der Waals surface area (Å²) in [5.41, 5.74) is 0. The van der Waals surface area contributed by atoms with Gasteiger partial charge in [0.05, 0.1) is 18.8 Å². The fraction of sp³-hybridized carbons (Fsp3) is 0.673. The van der Waals surface area contributed by atoms with Crippen LogP contribution in [0.5, 0.6) is 0 Å². The Labute approximate surface area is 382 Å². The van der Waals surface area contributed by atoms with Crippen molar-refractivity contribution in [1.82, 2.24) is 0 Å². The first kappa shape index (κ1) is 57.1. The highest BCUT2D eigenvalue weighted by molar-refractivity contribution is 7.47. The maximum atomic E-state index is 12.8. The summed E-state index contributed by atoms with van der Waals surface area (Å²) in [4.78, 5) is 35.7. The minimum Gasteiger partial charge on any atom is -0.462 e. The van der Waals surface area contributed by atoms with E-state index < -0.39 is 75.7 Å². The summed E-state index contributed by atoms with van der Waals surface area (Å²) in [6.07, 6.45) is 33.8. The highest BCUT2D eigenvalue weighted by Crippen LogP contribution is 2.47. The number of phosphoric ester groups is 1. The van der Waals surface area contributed by atoms with Crippen LogP contribution in [0.1, 0.15) is 142 Å². The molecule has 5 unspecified atom stereocenters. The van der Waals surface area contributed by atoms with Crippen LogP contribution in [0.3, 0.4) is 0 Å². The van der Waals surface area contributed by atoms with Crippen LogP contribution in [-0.4, -0.2) is 111 Å². The summed E-state index contributed by atoms with van der Waals surface area (Å²) in [6.45, 7) is 3.12. The Hall–Kier alpha value is -3.01. The van der Waals surface area contributed by atoms with Gasteiger partial charge >= 0.3 is 19.8 Å². The van der Waals surface area contributed by atoms with Crippen LogP contribution < -0.4 is 0 Å². The van der Waals surface area contributed by atoms with Gasteiger partial charge in [-0.1, -0.05) is 125 Å². The molecule has 2 fully saturated rings. The third-order valence-electron chi connectivity index (χ3n) is 10.6. The molecule has 1 saturated heterocycles. The monoisotopic (exact) mass is 923 g/mol. The van der Waals surface area contributed by atoms with Crippen molar-refractivity contribution in [3.05, 3.63) is 85.1 Å². The van der Waals surface area contributed by atoms with E-state index in [4.69, 9.17) is 23.3 Å². The van der Waals surface area contributed by atoms with Crippen LogP contribution in [0.4, 0.5) is 0 Å². The first-order chi connectivity index (χ1) is 30.9. The van der Waals surface area contributed by atoms with Gasteiger partial charge in [0.25, 0.3) is 0 Å². The zero-order valence-corrected chi connectivity index (χ0v) is 39.1. The molecule has 0 aromatic carbocycles. The molecule has 1 saturated carbocycles. The number of ether oxygens (including phenoxy) is 3. The Bertz CT molecular complexity index is 1510. The largest absolute Gasteiger partial charge is 0.472 e. The molecule has 0 amide bonds. The number of aliphatic hydroxyl groups excluding tert-OH is 5. The smallest absolute Gasteiger partial charge is 0.462 e. The van der Waals surface area contributed by atoms with Crippen molar-refractivity contribution < 1.29 is 67.8 Å². The van der Waals surface area contributed by atoms with E-state index in [-0.39, 0.29) is 25.0 Å². The lowest BCUT2D eigenvalue weighted by molar-refractivity contribution is -0.220. The fourth-order valence-corrected chi connectivity index (χ4v) is 7.64. The highest BCUT2D eigenvalue weighted by Gasteiger charge is 2.51. The molecule has 0 spiro atoms. The second-order valence-electron chi connectivity index (χ2n) is 16.3. The Morgan fingerprint density at radius 1 is 0.547 bits per heavy atom.